The fourth-order valence-corrected chi connectivity index (χ4v) is 3.20. The van der Waals surface area contributed by atoms with Gasteiger partial charge in [-0.2, -0.15) is 4.98 Å². The van der Waals surface area contributed by atoms with Gasteiger partial charge < -0.3 is 14.9 Å². The van der Waals surface area contributed by atoms with Crippen molar-refractivity contribution in [1.29, 1.82) is 0 Å². The van der Waals surface area contributed by atoms with Crippen LogP contribution in [0.25, 0.3) is 16.9 Å². The highest BCUT2D eigenvalue weighted by Crippen LogP contribution is 2.23. The molecule has 0 unspecified atom stereocenters. The third-order valence-electron chi connectivity index (χ3n) is 4.84. The van der Waals surface area contributed by atoms with Gasteiger partial charge in [0.05, 0.1) is 6.20 Å². The minimum absolute atomic E-state index is 0.289. The van der Waals surface area contributed by atoms with Gasteiger partial charge in [0, 0.05) is 31.9 Å². The van der Waals surface area contributed by atoms with Crippen LogP contribution in [0.15, 0.2) is 30.7 Å². The van der Waals surface area contributed by atoms with Crippen molar-refractivity contribution in [3.8, 4) is 11.4 Å². The van der Waals surface area contributed by atoms with E-state index < -0.39 is 0 Å². The Hall–Kier alpha value is -2.67. The Morgan fingerprint density at radius 1 is 1.12 bits per heavy atom. The van der Waals surface area contributed by atoms with E-state index in [-0.39, 0.29) is 5.75 Å². The van der Waals surface area contributed by atoms with Crippen LogP contribution in [0.5, 0.6) is 5.75 Å². The average molecular weight is 338 g/mol. The summed E-state index contributed by atoms with van der Waals surface area (Å²) in [5.74, 6) is 1.04. The number of hydrogen-bond acceptors (Lipinski definition) is 6. The van der Waals surface area contributed by atoms with Crippen LogP contribution in [0.3, 0.4) is 0 Å². The zero-order valence-electron chi connectivity index (χ0n) is 14.6. The number of aromatic nitrogens is 4. The summed E-state index contributed by atoms with van der Waals surface area (Å²) in [6.45, 7) is 9.10. The number of piperazine rings is 1. The Labute approximate surface area is 146 Å². The summed E-state index contributed by atoms with van der Waals surface area (Å²) in [6, 6.07) is 5.49. The zero-order chi connectivity index (χ0) is 17.4. The van der Waals surface area contributed by atoms with Crippen molar-refractivity contribution in [3.05, 3.63) is 36.3 Å². The van der Waals surface area contributed by atoms with E-state index in [9.17, 15) is 5.11 Å². The third kappa shape index (κ3) is 2.91. The molecular formula is C18H22N6O. The number of benzene rings is 1. The first-order valence-corrected chi connectivity index (χ1v) is 8.63. The van der Waals surface area contributed by atoms with Crippen LogP contribution >= 0.6 is 0 Å². The SMILES string of the molecule is CCN1CCN(c2ncc3ncn(-c4ccc(O)c(C)c4)c3n2)CC1. The van der Waals surface area contributed by atoms with Gasteiger partial charge in [-0.15, -0.1) is 0 Å². The molecule has 1 aromatic carbocycles. The molecule has 0 amide bonds. The monoisotopic (exact) mass is 338 g/mol. The van der Waals surface area contributed by atoms with Crippen molar-refractivity contribution in [3.63, 3.8) is 0 Å². The maximum Gasteiger partial charge on any atom is 0.227 e. The number of nitrogens with zero attached hydrogens (tertiary/aromatic N) is 6. The first-order valence-electron chi connectivity index (χ1n) is 8.63. The lowest BCUT2D eigenvalue weighted by Gasteiger charge is -2.33. The van der Waals surface area contributed by atoms with Crippen LogP contribution in [-0.4, -0.2) is 62.2 Å². The quantitative estimate of drug-likeness (QED) is 0.787. The molecule has 3 aromatic rings. The molecule has 25 heavy (non-hydrogen) atoms. The number of likely N-dealkylation sites (N-methyl/N-ethyl adjacent to an activating group) is 1. The van der Waals surface area contributed by atoms with Gasteiger partial charge in [0.15, 0.2) is 5.65 Å². The van der Waals surface area contributed by atoms with Crippen LogP contribution < -0.4 is 4.90 Å². The van der Waals surface area contributed by atoms with Gasteiger partial charge in [-0.25, -0.2) is 9.97 Å². The number of aromatic hydroxyl groups is 1. The van der Waals surface area contributed by atoms with E-state index in [2.05, 4.69) is 26.7 Å². The lowest BCUT2D eigenvalue weighted by atomic mass is 10.2. The summed E-state index contributed by atoms with van der Waals surface area (Å²) in [5, 5.41) is 9.75. The van der Waals surface area contributed by atoms with E-state index in [4.69, 9.17) is 4.98 Å². The molecule has 0 saturated carbocycles. The Bertz CT molecular complexity index is 898. The molecule has 3 heterocycles. The Kier molecular flexibility index (Phi) is 4.01. The van der Waals surface area contributed by atoms with E-state index in [1.54, 1.807) is 18.6 Å². The first-order chi connectivity index (χ1) is 12.2. The van der Waals surface area contributed by atoms with Crippen LogP contribution in [0.2, 0.25) is 0 Å². The van der Waals surface area contributed by atoms with E-state index in [0.29, 0.717) is 0 Å². The first kappa shape index (κ1) is 15.8. The van der Waals surface area contributed by atoms with Crippen LogP contribution in [-0.2, 0) is 0 Å². The molecule has 130 valence electrons. The number of aryl methyl sites for hydroxylation is 1. The molecule has 7 heteroatoms. The minimum Gasteiger partial charge on any atom is -0.508 e. The molecule has 1 saturated heterocycles. The Balaban J connectivity index is 1.69. The lowest BCUT2D eigenvalue weighted by Crippen LogP contribution is -2.46. The molecule has 0 atom stereocenters. The zero-order valence-corrected chi connectivity index (χ0v) is 14.6. The van der Waals surface area contributed by atoms with Crippen molar-refractivity contribution in [1.82, 2.24) is 24.4 Å². The highest BCUT2D eigenvalue weighted by atomic mass is 16.3. The summed E-state index contributed by atoms with van der Waals surface area (Å²) < 4.78 is 1.94. The normalized spacial score (nSPS) is 15.8. The minimum atomic E-state index is 0.289. The fraction of sp³-hybridized carbons (Fsp3) is 0.389. The molecule has 1 aliphatic heterocycles. The van der Waals surface area contributed by atoms with E-state index in [0.717, 1.165) is 61.1 Å². The number of phenols is 1. The smallest absolute Gasteiger partial charge is 0.227 e. The van der Waals surface area contributed by atoms with Gasteiger partial charge >= 0.3 is 0 Å². The molecule has 1 aliphatic rings. The van der Waals surface area contributed by atoms with Crippen molar-refractivity contribution in [2.45, 2.75) is 13.8 Å². The molecule has 0 bridgehead atoms. The molecule has 4 rings (SSSR count). The average Bonchev–Trinajstić information content (AvgIpc) is 3.07. The predicted octanol–water partition coefficient (Wildman–Crippen LogP) is 1.97. The standard InChI is InChI=1S/C18H22N6O/c1-3-22-6-8-23(9-7-22)18-19-11-15-17(21-18)24(12-20-15)14-4-5-16(25)13(2)10-14/h4-5,10-12,25H,3,6-9H2,1-2H3. The van der Waals surface area contributed by atoms with Gasteiger partial charge in [0.2, 0.25) is 5.95 Å². The number of hydrogen-bond donors (Lipinski definition) is 1. The van der Waals surface area contributed by atoms with Crippen molar-refractivity contribution < 1.29 is 5.11 Å². The van der Waals surface area contributed by atoms with E-state index >= 15 is 0 Å². The summed E-state index contributed by atoms with van der Waals surface area (Å²) in [6.07, 6.45) is 3.54. The topological polar surface area (TPSA) is 70.3 Å². The molecule has 7 nitrogen and oxygen atoms in total. The fourth-order valence-electron chi connectivity index (χ4n) is 3.20. The summed E-state index contributed by atoms with van der Waals surface area (Å²) in [7, 11) is 0. The molecule has 0 aliphatic carbocycles. The van der Waals surface area contributed by atoms with Crippen molar-refractivity contribution >= 4 is 17.1 Å². The summed E-state index contributed by atoms with van der Waals surface area (Å²) in [4.78, 5) is 18.3. The van der Waals surface area contributed by atoms with Crippen LogP contribution in [0, 0.1) is 6.92 Å². The molecule has 0 radical (unpaired) electrons. The second-order valence-electron chi connectivity index (χ2n) is 6.39. The predicted molar refractivity (Wildman–Crippen MR) is 97.4 cm³/mol. The Morgan fingerprint density at radius 2 is 1.92 bits per heavy atom. The molecule has 2 aromatic heterocycles. The highest BCUT2D eigenvalue weighted by Gasteiger charge is 2.19. The van der Waals surface area contributed by atoms with Crippen LogP contribution in [0.1, 0.15) is 12.5 Å². The molecule has 1 fully saturated rings. The summed E-state index contributed by atoms with van der Waals surface area (Å²) >= 11 is 0. The molecular weight excluding hydrogens is 316 g/mol. The number of imidazole rings is 1. The van der Waals surface area contributed by atoms with Gasteiger partial charge in [0.1, 0.15) is 17.6 Å². The van der Waals surface area contributed by atoms with Gasteiger partial charge in [-0.05, 0) is 37.2 Å². The number of fused-ring (bicyclic) bond motifs is 1. The maximum atomic E-state index is 9.75. The lowest BCUT2D eigenvalue weighted by molar-refractivity contribution is 0.270. The van der Waals surface area contributed by atoms with Gasteiger partial charge in [-0.1, -0.05) is 6.92 Å². The Morgan fingerprint density at radius 3 is 2.64 bits per heavy atom. The van der Waals surface area contributed by atoms with Gasteiger partial charge in [-0.3, -0.25) is 4.57 Å². The largest absolute Gasteiger partial charge is 0.508 e. The number of anilines is 1. The third-order valence-corrected chi connectivity index (χ3v) is 4.84. The molecule has 0 spiro atoms. The maximum absolute atomic E-state index is 9.75. The molecule has 1 N–H and O–H groups in total. The highest BCUT2D eigenvalue weighted by molar-refractivity contribution is 5.73. The number of phenolic OH excluding ortho intramolecular Hbond substituents is 1. The van der Waals surface area contributed by atoms with Crippen molar-refractivity contribution in [2.75, 3.05) is 37.6 Å². The second kappa shape index (κ2) is 6.33. The van der Waals surface area contributed by atoms with Crippen molar-refractivity contribution in [2.24, 2.45) is 0 Å². The van der Waals surface area contributed by atoms with E-state index in [1.807, 2.05) is 23.6 Å². The summed E-state index contributed by atoms with van der Waals surface area (Å²) in [5.41, 5.74) is 3.30. The van der Waals surface area contributed by atoms with E-state index in [1.165, 1.54) is 0 Å². The number of rotatable bonds is 3. The second-order valence-corrected chi connectivity index (χ2v) is 6.39. The van der Waals surface area contributed by atoms with Crippen LogP contribution in [0.4, 0.5) is 5.95 Å². The van der Waals surface area contributed by atoms with Gasteiger partial charge in [0.25, 0.3) is 0 Å².